The Hall–Kier alpha value is -2.63. The highest BCUT2D eigenvalue weighted by Crippen LogP contribution is 2.42. The van der Waals surface area contributed by atoms with Crippen molar-refractivity contribution in [1.29, 1.82) is 0 Å². The number of pyridine rings is 1. The zero-order valence-electron chi connectivity index (χ0n) is 13.2. The number of nitrogens with zero attached hydrogens (tertiary/aromatic N) is 4. The van der Waals surface area contributed by atoms with Gasteiger partial charge in [0.1, 0.15) is 0 Å². The topological polar surface area (TPSA) is 66.4 Å². The number of nitrogens with one attached hydrogen (secondary N) is 1. The van der Waals surface area contributed by atoms with Crippen molar-refractivity contribution < 1.29 is 4.74 Å². The Morgan fingerprint density at radius 3 is 2.74 bits per heavy atom. The Labute approximate surface area is 134 Å². The van der Waals surface area contributed by atoms with Crippen molar-refractivity contribution in [2.75, 3.05) is 12.0 Å². The molecule has 6 nitrogen and oxygen atoms in total. The molecule has 6 heteroatoms. The molecule has 1 unspecified atom stereocenters. The van der Waals surface area contributed by atoms with E-state index in [1.54, 1.807) is 25.7 Å². The minimum absolute atomic E-state index is 0.170. The van der Waals surface area contributed by atoms with E-state index >= 15 is 0 Å². The lowest BCUT2D eigenvalue weighted by molar-refractivity contribution is 0.312. The van der Waals surface area contributed by atoms with Crippen molar-refractivity contribution in [2.24, 2.45) is 4.99 Å². The largest absolute Gasteiger partial charge is 0.494 e. The van der Waals surface area contributed by atoms with Gasteiger partial charge in [-0.3, -0.25) is 15.1 Å². The van der Waals surface area contributed by atoms with Gasteiger partial charge < -0.3 is 9.64 Å². The minimum Gasteiger partial charge on any atom is -0.494 e. The van der Waals surface area contributed by atoms with E-state index in [1.807, 2.05) is 18.3 Å². The molecule has 118 valence electrons. The van der Waals surface area contributed by atoms with Crippen LogP contribution in [0.3, 0.4) is 0 Å². The molecule has 23 heavy (non-hydrogen) atoms. The summed E-state index contributed by atoms with van der Waals surface area (Å²) in [6.45, 7) is 2.13. The normalized spacial score (nSPS) is 20.5. The highest BCUT2D eigenvalue weighted by molar-refractivity contribution is 5.79. The lowest BCUT2D eigenvalue weighted by atomic mass is 10.1. The molecule has 4 rings (SSSR count). The van der Waals surface area contributed by atoms with Gasteiger partial charge in [-0.25, -0.2) is 0 Å². The van der Waals surface area contributed by atoms with Gasteiger partial charge in [0.25, 0.3) is 0 Å². The van der Waals surface area contributed by atoms with Crippen LogP contribution in [0.1, 0.15) is 41.9 Å². The first kappa shape index (κ1) is 14.0. The Kier molecular flexibility index (Phi) is 3.37. The summed E-state index contributed by atoms with van der Waals surface area (Å²) in [6, 6.07) is 3.93. The third kappa shape index (κ3) is 2.50. The van der Waals surface area contributed by atoms with Crippen molar-refractivity contribution in [3.8, 4) is 0 Å². The Bertz CT molecular complexity index is 761. The average molecular weight is 309 g/mol. The fourth-order valence-electron chi connectivity index (χ4n) is 2.94. The maximum Gasteiger partial charge on any atom is 0.167 e. The van der Waals surface area contributed by atoms with Gasteiger partial charge in [0.15, 0.2) is 11.9 Å². The van der Waals surface area contributed by atoms with E-state index in [-0.39, 0.29) is 6.17 Å². The maximum absolute atomic E-state index is 5.34. The first-order valence-electron chi connectivity index (χ1n) is 7.80. The average Bonchev–Trinajstić information content (AvgIpc) is 3.38. The van der Waals surface area contributed by atoms with Gasteiger partial charge in [-0.15, -0.1) is 0 Å². The molecule has 2 aliphatic rings. The predicted octanol–water partition coefficient (Wildman–Crippen LogP) is 3.07. The van der Waals surface area contributed by atoms with Crippen LogP contribution in [0.5, 0.6) is 0 Å². The summed E-state index contributed by atoms with van der Waals surface area (Å²) in [7, 11) is 1.65. The number of ether oxygens (including phenoxy) is 1. The third-order valence-corrected chi connectivity index (χ3v) is 4.38. The lowest BCUT2D eigenvalue weighted by Crippen LogP contribution is -2.26. The zero-order chi connectivity index (χ0) is 15.8. The van der Waals surface area contributed by atoms with Crippen LogP contribution in [0.25, 0.3) is 0 Å². The van der Waals surface area contributed by atoms with Crippen molar-refractivity contribution >= 4 is 11.9 Å². The molecule has 1 aliphatic carbocycles. The molecule has 2 aromatic rings. The van der Waals surface area contributed by atoms with E-state index < -0.39 is 0 Å². The molecule has 1 N–H and O–H groups in total. The van der Waals surface area contributed by atoms with Gasteiger partial charge in [-0.1, -0.05) is 0 Å². The number of aliphatic imine (C=N–C) groups is 1. The van der Waals surface area contributed by atoms with Crippen LogP contribution in [-0.2, 0) is 4.74 Å². The molecular formula is C17H19N5O. The van der Waals surface area contributed by atoms with Gasteiger partial charge in [-0.05, 0) is 37.5 Å². The summed E-state index contributed by atoms with van der Waals surface area (Å²) in [5, 5.41) is 7.74. The van der Waals surface area contributed by atoms with Crippen LogP contribution in [0.15, 0.2) is 41.5 Å². The van der Waals surface area contributed by atoms with Crippen molar-refractivity contribution in [3.63, 3.8) is 0 Å². The lowest BCUT2D eigenvalue weighted by Gasteiger charge is -2.30. The zero-order valence-corrected chi connectivity index (χ0v) is 13.2. The van der Waals surface area contributed by atoms with Crippen LogP contribution < -0.4 is 4.90 Å². The fourth-order valence-corrected chi connectivity index (χ4v) is 2.94. The van der Waals surface area contributed by atoms with Crippen LogP contribution in [0, 0.1) is 6.92 Å². The standard InChI is InChI=1S/C17H19N5O/c1-11-15(12-3-4-12)20-21-16(11)17-19-9-14(23-2)10-22(17)13-5-7-18-8-6-13/h5-10,12,17H,3-4H2,1-2H3,(H,20,21). The molecule has 3 heterocycles. The van der Waals surface area contributed by atoms with Crippen molar-refractivity contribution in [2.45, 2.75) is 31.8 Å². The number of hydrogen-bond donors (Lipinski definition) is 1. The molecule has 1 atom stereocenters. The SMILES string of the molecule is COC1=CN(c2ccncc2)C(c2[nH]nc(C3CC3)c2C)N=C1. The van der Waals surface area contributed by atoms with E-state index in [9.17, 15) is 0 Å². The van der Waals surface area contributed by atoms with Gasteiger partial charge in [0.05, 0.1) is 30.9 Å². The summed E-state index contributed by atoms with van der Waals surface area (Å²) in [5.41, 5.74) is 4.44. The molecule has 0 amide bonds. The first-order valence-corrected chi connectivity index (χ1v) is 7.80. The molecule has 0 aromatic carbocycles. The first-order chi connectivity index (χ1) is 11.3. The Balaban J connectivity index is 1.74. The highest BCUT2D eigenvalue weighted by Gasteiger charge is 2.32. The van der Waals surface area contributed by atoms with Crippen LogP contribution in [0.2, 0.25) is 0 Å². The highest BCUT2D eigenvalue weighted by atomic mass is 16.5. The van der Waals surface area contributed by atoms with Gasteiger partial charge in [0, 0.05) is 24.0 Å². The summed E-state index contributed by atoms with van der Waals surface area (Å²) < 4.78 is 5.34. The molecule has 0 spiro atoms. The Morgan fingerprint density at radius 2 is 2.04 bits per heavy atom. The third-order valence-electron chi connectivity index (χ3n) is 4.38. The number of hydrogen-bond acceptors (Lipinski definition) is 5. The van der Waals surface area contributed by atoms with Crippen LogP contribution >= 0.6 is 0 Å². The van der Waals surface area contributed by atoms with E-state index in [0.29, 0.717) is 5.92 Å². The van der Waals surface area contributed by atoms with Gasteiger partial charge >= 0.3 is 0 Å². The number of aromatic amines is 1. The van der Waals surface area contributed by atoms with Crippen LogP contribution in [-0.4, -0.2) is 28.5 Å². The van der Waals surface area contributed by atoms with Crippen LogP contribution in [0.4, 0.5) is 5.69 Å². The molecule has 0 radical (unpaired) electrons. The van der Waals surface area contributed by atoms with Gasteiger partial charge in [-0.2, -0.15) is 5.10 Å². The molecule has 0 bridgehead atoms. The Morgan fingerprint density at radius 1 is 1.26 bits per heavy atom. The molecule has 1 saturated carbocycles. The molecule has 2 aromatic heterocycles. The van der Waals surface area contributed by atoms with Gasteiger partial charge in [0.2, 0.25) is 0 Å². The fraction of sp³-hybridized carbons (Fsp3) is 0.353. The quantitative estimate of drug-likeness (QED) is 0.942. The summed E-state index contributed by atoms with van der Waals surface area (Å²) >= 11 is 0. The summed E-state index contributed by atoms with van der Waals surface area (Å²) in [4.78, 5) is 10.9. The van der Waals surface area contributed by atoms with E-state index in [4.69, 9.17) is 4.74 Å². The molecule has 1 aliphatic heterocycles. The maximum atomic E-state index is 5.34. The second-order valence-electron chi connectivity index (χ2n) is 5.92. The second kappa shape index (κ2) is 5.53. The monoisotopic (exact) mass is 309 g/mol. The van der Waals surface area contributed by atoms with Crippen molar-refractivity contribution in [3.05, 3.63) is 53.4 Å². The number of rotatable bonds is 4. The summed E-state index contributed by atoms with van der Waals surface area (Å²) in [6.07, 6.45) is 9.59. The minimum atomic E-state index is -0.170. The second-order valence-corrected chi connectivity index (χ2v) is 5.92. The number of allylic oxidation sites excluding steroid dienone is 1. The number of anilines is 1. The van der Waals surface area contributed by atoms with E-state index in [0.717, 1.165) is 17.1 Å². The summed E-state index contributed by atoms with van der Waals surface area (Å²) in [5.74, 6) is 1.34. The van der Waals surface area contributed by atoms with E-state index in [1.165, 1.54) is 24.1 Å². The van der Waals surface area contributed by atoms with Crippen molar-refractivity contribution in [1.82, 2.24) is 15.2 Å². The molecular weight excluding hydrogens is 290 g/mol. The van der Waals surface area contributed by atoms with E-state index in [2.05, 4.69) is 32.0 Å². The number of H-pyrrole nitrogens is 1. The number of aromatic nitrogens is 3. The number of methoxy groups -OCH3 is 1. The smallest absolute Gasteiger partial charge is 0.167 e. The molecule has 1 fully saturated rings. The molecule has 0 saturated heterocycles. The predicted molar refractivity (Wildman–Crippen MR) is 88.3 cm³/mol.